The second-order valence-electron chi connectivity index (χ2n) is 3.25. The summed E-state index contributed by atoms with van der Waals surface area (Å²) >= 11 is 0. The van der Waals surface area contributed by atoms with Crippen LogP contribution in [-0.2, 0) is 11.2 Å². The first-order chi connectivity index (χ1) is 7.19. The summed E-state index contributed by atoms with van der Waals surface area (Å²) in [4.78, 5) is 11.2. The number of ether oxygens (including phenoxy) is 2. The van der Waals surface area contributed by atoms with Gasteiger partial charge in [-0.2, -0.15) is 0 Å². The third-order valence-electron chi connectivity index (χ3n) is 2.21. The molecular weight excluding hydrogens is 196 g/mol. The van der Waals surface area contributed by atoms with Crippen molar-refractivity contribution in [3.63, 3.8) is 0 Å². The van der Waals surface area contributed by atoms with Crippen LogP contribution in [0, 0.1) is 0 Å². The highest BCUT2D eigenvalue weighted by Crippen LogP contribution is 2.13. The maximum Gasteiger partial charge on any atom is 0.288 e. The van der Waals surface area contributed by atoms with Gasteiger partial charge in [-0.05, 0) is 6.42 Å². The zero-order valence-corrected chi connectivity index (χ0v) is 9.28. The second-order valence-corrected chi connectivity index (χ2v) is 3.25. The van der Waals surface area contributed by atoms with Crippen LogP contribution < -0.4 is 10.2 Å². The molecule has 15 heavy (non-hydrogen) atoms. The van der Waals surface area contributed by atoms with Crippen molar-refractivity contribution in [3.8, 4) is 5.95 Å². The van der Waals surface area contributed by atoms with Gasteiger partial charge in [-0.25, -0.2) is 0 Å². The minimum atomic E-state index is -0.112. The molecule has 0 aliphatic rings. The van der Waals surface area contributed by atoms with Gasteiger partial charge in [-0.3, -0.25) is 4.79 Å². The van der Waals surface area contributed by atoms with Gasteiger partial charge in [0.2, 0.25) is 0 Å². The largest absolute Gasteiger partial charge is 0.468 e. The Kier molecular flexibility index (Phi) is 4.37. The normalized spacial score (nSPS) is 12.5. The van der Waals surface area contributed by atoms with Crippen molar-refractivity contribution < 1.29 is 13.9 Å². The van der Waals surface area contributed by atoms with Crippen LogP contribution in [0.5, 0.6) is 5.95 Å². The van der Waals surface area contributed by atoms with Crippen molar-refractivity contribution in [3.05, 3.63) is 28.1 Å². The van der Waals surface area contributed by atoms with Gasteiger partial charge < -0.3 is 13.9 Å². The Morgan fingerprint density at radius 3 is 2.67 bits per heavy atom. The Balaban J connectivity index is 2.84. The Hall–Kier alpha value is -1.29. The van der Waals surface area contributed by atoms with Crippen molar-refractivity contribution in [1.82, 2.24) is 0 Å². The quantitative estimate of drug-likeness (QED) is 0.744. The minimum absolute atomic E-state index is 0.0697. The van der Waals surface area contributed by atoms with E-state index in [4.69, 9.17) is 13.9 Å². The zero-order chi connectivity index (χ0) is 11.3. The molecule has 0 aliphatic heterocycles. The molecule has 0 bridgehead atoms. The molecule has 4 nitrogen and oxygen atoms in total. The van der Waals surface area contributed by atoms with E-state index in [-0.39, 0.29) is 17.5 Å². The molecule has 1 unspecified atom stereocenters. The average molecular weight is 212 g/mol. The van der Waals surface area contributed by atoms with E-state index in [1.165, 1.54) is 19.2 Å². The van der Waals surface area contributed by atoms with Crippen molar-refractivity contribution in [1.29, 1.82) is 0 Å². The van der Waals surface area contributed by atoms with Gasteiger partial charge in [0, 0.05) is 19.6 Å². The monoisotopic (exact) mass is 212 g/mol. The van der Waals surface area contributed by atoms with Gasteiger partial charge >= 0.3 is 0 Å². The maximum atomic E-state index is 11.2. The molecule has 4 heteroatoms. The first-order valence-electron chi connectivity index (χ1n) is 4.90. The molecule has 1 atom stereocenters. The van der Waals surface area contributed by atoms with Crippen LogP contribution in [0.1, 0.15) is 19.1 Å². The predicted octanol–water partition coefficient (Wildman–Crippen LogP) is 1.62. The Morgan fingerprint density at radius 2 is 2.13 bits per heavy atom. The molecule has 0 aliphatic carbocycles. The molecule has 1 rings (SSSR count). The highest BCUT2D eigenvalue weighted by atomic mass is 16.6. The molecule has 1 heterocycles. The summed E-state index contributed by atoms with van der Waals surface area (Å²) in [6.07, 6.45) is 1.52. The maximum absolute atomic E-state index is 11.2. The fourth-order valence-corrected chi connectivity index (χ4v) is 1.32. The van der Waals surface area contributed by atoms with E-state index in [2.05, 4.69) is 0 Å². The van der Waals surface area contributed by atoms with E-state index < -0.39 is 0 Å². The summed E-state index contributed by atoms with van der Waals surface area (Å²) in [5.74, 6) is 0.830. The van der Waals surface area contributed by atoms with Crippen LogP contribution >= 0.6 is 0 Å². The molecule has 0 aromatic carbocycles. The molecule has 0 radical (unpaired) electrons. The molecule has 0 saturated carbocycles. The summed E-state index contributed by atoms with van der Waals surface area (Å²) < 4.78 is 15.4. The van der Waals surface area contributed by atoms with Crippen LogP contribution in [0.3, 0.4) is 0 Å². The molecular formula is C11H16O4. The highest BCUT2D eigenvalue weighted by Gasteiger charge is 2.09. The van der Waals surface area contributed by atoms with Crippen LogP contribution in [-0.4, -0.2) is 20.3 Å². The van der Waals surface area contributed by atoms with Crippen molar-refractivity contribution >= 4 is 0 Å². The summed E-state index contributed by atoms with van der Waals surface area (Å²) in [5, 5.41) is 0. The Labute approximate surface area is 88.8 Å². The van der Waals surface area contributed by atoms with E-state index in [1.807, 2.05) is 6.92 Å². The number of rotatable bonds is 5. The molecule has 1 aromatic rings. The minimum Gasteiger partial charge on any atom is -0.468 e. The van der Waals surface area contributed by atoms with E-state index >= 15 is 0 Å². The van der Waals surface area contributed by atoms with Gasteiger partial charge in [0.15, 0.2) is 5.43 Å². The second kappa shape index (κ2) is 5.56. The molecule has 84 valence electrons. The van der Waals surface area contributed by atoms with Gasteiger partial charge in [0.25, 0.3) is 5.95 Å². The van der Waals surface area contributed by atoms with Gasteiger partial charge in [0.05, 0.1) is 19.3 Å². The lowest BCUT2D eigenvalue weighted by molar-refractivity contribution is 0.0934. The van der Waals surface area contributed by atoms with E-state index in [9.17, 15) is 4.79 Å². The first kappa shape index (κ1) is 11.8. The predicted molar refractivity (Wildman–Crippen MR) is 56.3 cm³/mol. The van der Waals surface area contributed by atoms with Crippen molar-refractivity contribution in [2.24, 2.45) is 0 Å². The summed E-state index contributed by atoms with van der Waals surface area (Å²) in [6, 6.07) is 2.78. The summed E-state index contributed by atoms with van der Waals surface area (Å²) in [6.45, 7) is 2.02. The van der Waals surface area contributed by atoms with Crippen LogP contribution in [0.4, 0.5) is 0 Å². The molecule has 0 fully saturated rings. The van der Waals surface area contributed by atoms with Crippen LogP contribution in [0.15, 0.2) is 21.3 Å². The fourth-order valence-electron chi connectivity index (χ4n) is 1.32. The summed E-state index contributed by atoms with van der Waals surface area (Å²) in [7, 11) is 3.11. The molecule has 0 spiro atoms. The molecule has 0 amide bonds. The SMILES string of the molecule is CCC(Cc1cc(=O)cc(OC)o1)OC. The van der Waals surface area contributed by atoms with Crippen LogP contribution in [0.2, 0.25) is 0 Å². The smallest absolute Gasteiger partial charge is 0.288 e. The average Bonchev–Trinajstić information content (AvgIpc) is 2.25. The third kappa shape index (κ3) is 3.40. The lowest BCUT2D eigenvalue weighted by atomic mass is 10.1. The first-order valence-corrected chi connectivity index (χ1v) is 4.90. The zero-order valence-electron chi connectivity index (χ0n) is 9.28. The lowest BCUT2D eigenvalue weighted by Gasteiger charge is -2.11. The highest BCUT2D eigenvalue weighted by molar-refractivity contribution is 5.11. The van der Waals surface area contributed by atoms with Crippen molar-refractivity contribution in [2.45, 2.75) is 25.9 Å². The van der Waals surface area contributed by atoms with Crippen LogP contribution in [0.25, 0.3) is 0 Å². The molecule has 0 N–H and O–H groups in total. The van der Waals surface area contributed by atoms with Gasteiger partial charge in [0.1, 0.15) is 5.76 Å². The van der Waals surface area contributed by atoms with E-state index in [1.54, 1.807) is 7.11 Å². The standard InChI is InChI=1S/C11H16O4/c1-4-9(13-2)7-10-5-8(12)6-11(14-3)15-10/h5-6,9H,4,7H2,1-3H3. The summed E-state index contributed by atoms with van der Waals surface area (Å²) in [5.41, 5.74) is -0.112. The van der Waals surface area contributed by atoms with Crippen molar-refractivity contribution in [2.75, 3.05) is 14.2 Å². The van der Waals surface area contributed by atoms with E-state index in [0.29, 0.717) is 12.2 Å². The van der Waals surface area contributed by atoms with Gasteiger partial charge in [-0.15, -0.1) is 0 Å². The molecule has 1 aromatic heterocycles. The van der Waals surface area contributed by atoms with E-state index in [0.717, 1.165) is 6.42 Å². The topological polar surface area (TPSA) is 48.7 Å². The Morgan fingerprint density at radius 1 is 1.40 bits per heavy atom. The third-order valence-corrected chi connectivity index (χ3v) is 2.21. The van der Waals surface area contributed by atoms with Gasteiger partial charge in [-0.1, -0.05) is 6.92 Å². The number of hydrogen-bond donors (Lipinski definition) is 0. The number of hydrogen-bond acceptors (Lipinski definition) is 4. The number of methoxy groups -OCH3 is 2. The fraction of sp³-hybridized carbons (Fsp3) is 0.545. The molecule has 0 saturated heterocycles. The lowest BCUT2D eigenvalue weighted by Crippen LogP contribution is -2.14. The Bertz CT molecular complexity index is 352.